The van der Waals surface area contributed by atoms with Gasteiger partial charge in [0, 0.05) is 18.7 Å². The number of alkyl halides is 2. The third-order valence-corrected chi connectivity index (χ3v) is 2.57. The monoisotopic (exact) mass is 239 g/mol. The molecule has 0 unspecified atom stereocenters. The minimum absolute atomic E-state index is 0.0175. The molecule has 0 radical (unpaired) electrons. The van der Waals surface area contributed by atoms with Gasteiger partial charge < -0.3 is 10.6 Å². The van der Waals surface area contributed by atoms with Crippen LogP contribution in [0.2, 0.25) is 0 Å². The summed E-state index contributed by atoms with van der Waals surface area (Å²) in [6.45, 7) is 1.03. The average Bonchev–Trinajstić information content (AvgIpc) is 2.39. The van der Waals surface area contributed by atoms with Crippen LogP contribution in [-0.2, 0) is 5.92 Å². The van der Waals surface area contributed by atoms with Crippen LogP contribution in [0.4, 0.5) is 8.78 Å². The van der Waals surface area contributed by atoms with E-state index in [2.05, 4.69) is 15.6 Å². The molecule has 1 aliphatic rings. The predicted molar refractivity (Wildman–Crippen MR) is 63.3 cm³/mol. The van der Waals surface area contributed by atoms with Gasteiger partial charge in [-0.15, -0.1) is 0 Å². The van der Waals surface area contributed by atoms with E-state index < -0.39 is 12.5 Å². The van der Waals surface area contributed by atoms with E-state index >= 15 is 0 Å². The number of hydrogen-bond donors (Lipinski definition) is 2. The maximum atomic E-state index is 13.8. The van der Waals surface area contributed by atoms with Crippen LogP contribution in [0, 0.1) is 0 Å². The first-order valence-electron chi connectivity index (χ1n) is 5.64. The van der Waals surface area contributed by atoms with E-state index in [4.69, 9.17) is 0 Å². The fourth-order valence-corrected chi connectivity index (χ4v) is 1.63. The number of rotatable bonds is 3. The van der Waals surface area contributed by atoms with Crippen molar-refractivity contribution in [2.45, 2.75) is 12.3 Å². The first-order valence-corrected chi connectivity index (χ1v) is 5.64. The van der Waals surface area contributed by atoms with Gasteiger partial charge in [0.2, 0.25) is 0 Å². The Bertz CT molecular complexity index is 390. The molecule has 1 aromatic rings. The van der Waals surface area contributed by atoms with Crippen LogP contribution < -0.4 is 10.6 Å². The summed E-state index contributed by atoms with van der Waals surface area (Å²) in [5.74, 6) is -2.42. The molecule has 1 heterocycles. The minimum Gasteiger partial charge on any atom is -0.356 e. The summed E-state index contributed by atoms with van der Waals surface area (Å²) in [5, 5.41) is 5.60. The van der Waals surface area contributed by atoms with Crippen molar-refractivity contribution in [3.8, 4) is 0 Å². The molecule has 5 heteroatoms. The van der Waals surface area contributed by atoms with Crippen molar-refractivity contribution in [1.82, 2.24) is 10.6 Å². The van der Waals surface area contributed by atoms with Gasteiger partial charge in [0.15, 0.2) is 5.96 Å². The molecule has 0 spiro atoms. The van der Waals surface area contributed by atoms with Gasteiger partial charge in [0.05, 0.1) is 6.54 Å². The van der Waals surface area contributed by atoms with E-state index in [1.54, 1.807) is 18.2 Å². The number of guanidine groups is 1. The van der Waals surface area contributed by atoms with E-state index in [0.29, 0.717) is 12.5 Å². The summed E-state index contributed by atoms with van der Waals surface area (Å²) in [6.07, 6.45) is 0.945. The normalized spacial score (nSPS) is 16.0. The zero-order valence-electron chi connectivity index (χ0n) is 9.42. The van der Waals surface area contributed by atoms with Crippen LogP contribution in [0.3, 0.4) is 0 Å². The Morgan fingerprint density at radius 1 is 1.29 bits per heavy atom. The van der Waals surface area contributed by atoms with E-state index in [1.165, 1.54) is 12.1 Å². The topological polar surface area (TPSA) is 36.4 Å². The SMILES string of the molecule is FC(F)(CNC1=NCCCN1)c1ccccc1. The van der Waals surface area contributed by atoms with Gasteiger partial charge >= 0.3 is 0 Å². The van der Waals surface area contributed by atoms with Crippen molar-refractivity contribution < 1.29 is 8.78 Å². The van der Waals surface area contributed by atoms with Crippen LogP contribution >= 0.6 is 0 Å². The second kappa shape index (κ2) is 5.12. The molecule has 0 aromatic heterocycles. The third-order valence-electron chi connectivity index (χ3n) is 2.57. The Labute approximate surface area is 98.9 Å². The van der Waals surface area contributed by atoms with Crippen LogP contribution in [-0.4, -0.2) is 25.6 Å². The van der Waals surface area contributed by atoms with Crippen LogP contribution in [0.1, 0.15) is 12.0 Å². The van der Waals surface area contributed by atoms with E-state index in [9.17, 15) is 8.78 Å². The first kappa shape index (κ1) is 11.8. The van der Waals surface area contributed by atoms with Crippen LogP contribution in [0.15, 0.2) is 35.3 Å². The summed E-state index contributed by atoms with van der Waals surface area (Å²) in [7, 11) is 0. The van der Waals surface area contributed by atoms with Gasteiger partial charge in [0.1, 0.15) is 0 Å². The first-order chi connectivity index (χ1) is 8.18. The average molecular weight is 239 g/mol. The summed E-state index contributed by atoms with van der Waals surface area (Å²) in [4.78, 5) is 4.09. The second-order valence-electron chi connectivity index (χ2n) is 3.93. The molecule has 0 aliphatic carbocycles. The molecule has 1 aromatic carbocycles. The van der Waals surface area contributed by atoms with Gasteiger partial charge in [0.25, 0.3) is 5.92 Å². The molecule has 0 fully saturated rings. The molecule has 0 amide bonds. The quantitative estimate of drug-likeness (QED) is 0.842. The minimum atomic E-state index is -2.89. The second-order valence-corrected chi connectivity index (χ2v) is 3.93. The molecular weight excluding hydrogens is 224 g/mol. The Balaban J connectivity index is 1.95. The number of aliphatic imine (C=N–C) groups is 1. The molecular formula is C12H15F2N3. The molecule has 0 atom stereocenters. The Morgan fingerprint density at radius 3 is 2.71 bits per heavy atom. The molecule has 0 saturated heterocycles. The maximum Gasteiger partial charge on any atom is 0.290 e. The fraction of sp³-hybridized carbons (Fsp3) is 0.417. The Morgan fingerprint density at radius 2 is 2.06 bits per heavy atom. The lowest BCUT2D eigenvalue weighted by atomic mass is 10.1. The zero-order chi connectivity index (χ0) is 12.1. The van der Waals surface area contributed by atoms with Crippen molar-refractivity contribution in [3.63, 3.8) is 0 Å². The van der Waals surface area contributed by atoms with Gasteiger partial charge in [-0.05, 0) is 6.42 Å². The number of benzene rings is 1. The fourth-order valence-electron chi connectivity index (χ4n) is 1.63. The van der Waals surface area contributed by atoms with Crippen molar-refractivity contribution in [2.75, 3.05) is 19.6 Å². The highest BCUT2D eigenvalue weighted by Crippen LogP contribution is 2.26. The summed E-state index contributed by atoms with van der Waals surface area (Å²) < 4.78 is 27.5. The number of nitrogens with one attached hydrogen (secondary N) is 2. The molecule has 2 N–H and O–H groups in total. The highest BCUT2D eigenvalue weighted by molar-refractivity contribution is 5.80. The van der Waals surface area contributed by atoms with Crippen LogP contribution in [0.25, 0.3) is 0 Å². The standard InChI is InChI=1S/C12H15F2N3/c13-12(14,10-5-2-1-3-6-10)9-17-11-15-7-4-8-16-11/h1-3,5-6H,4,7-9H2,(H2,15,16,17). The lowest BCUT2D eigenvalue weighted by Crippen LogP contribution is -2.44. The van der Waals surface area contributed by atoms with Crippen molar-refractivity contribution >= 4 is 5.96 Å². The van der Waals surface area contributed by atoms with Crippen molar-refractivity contribution in [2.24, 2.45) is 4.99 Å². The number of hydrogen-bond acceptors (Lipinski definition) is 3. The molecule has 17 heavy (non-hydrogen) atoms. The van der Waals surface area contributed by atoms with Gasteiger partial charge in [-0.25, -0.2) is 0 Å². The lowest BCUT2D eigenvalue weighted by Gasteiger charge is -2.21. The van der Waals surface area contributed by atoms with Crippen LogP contribution in [0.5, 0.6) is 0 Å². The third kappa shape index (κ3) is 3.15. The molecule has 1 aliphatic heterocycles. The Hall–Kier alpha value is -1.65. The van der Waals surface area contributed by atoms with E-state index in [1.807, 2.05) is 0 Å². The highest BCUT2D eigenvalue weighted by Gasteiger charge is 2.31. The molecule has 2 rings (SSSR count). The van der Waals surface area contributed by atoms with Gasteiger partial charge in [-0.3, -0.25) is 4.99 Å². The number of halogens is 2. The molecule has 0 bridgehead atoms. The molecule has 3 nitrogen and oxygen atoms in total. The van der Waals surface area contributed by atoms with E-state index in [0.717, 1.165) is 13.0 Å². The van der Waals surface area contributed by atoms with E-state index in [-0.39, 0.29) is 5.56 Å². The predicted octanol–water partition coefficient (Wildman–Crippen LogP) is 1.72. The lowest BCUT2D eigenvalue weighted by molar-refractivity contribution is 0.00105. The van der Waals surface area contributed by atoms with Crippen molar-refractivity contribution in [1.29, 1.82) is 0 Å². The van der Waals surface area contributed by atoms with Crippen molar-refractivity contribution in [3.05, 3.63) is 35.9 Å². The summed E-state index contributed by atoms with van der Waals surface area (Å²) in [5.41, 5.74) is 0.0175. The maximum absolute atomic E-state index is 13.8. The molecule has 0 saturated carbocycles. The smallest absolute Gasteiger partial charge is 0.290 e. The number of nitrogens with zero attached hydrogens (tertiary/aromatic N) is 1. The summed E-state index contributed by atoms with van der Waals surface area (Å²) in [6, 6.07) is 7.80. The zero-order valence-corrected chi connectivity index (χ0v) is 9.42. The highest BCUT2D eigenvalue weighted by atomic mass is 19.3. The van der Waals surface area contributed by atoms with Gasteiger partial charge in [-0.1, -0.05) is 30.3 Å². The largest absolute Gasteiger partial charge is 0.356 e. The van der Waals surface area contributed by atoms with Gasteiger partial charge in [-0.2, -0.15) is 8.78 Å². The Kier molecular flexibility index (Phi) is 3.56. The molecule has 92 valence electrons. The summed E-state index contributed by atoms with van der Waals surface area (Å²) >= 11 is 0.